The quantitative estimate of drug-likeness (QED) is 0.384. The van der Waals surface area contributed by atoms with E-state index in [9.17, 15) is 9.90 Å². The fourth-order valence-electron chi connectivity index (χ4n) is 5.60. The standard InChI is InChI=1S/C31H27NO2/c33-29-19-23-13-5-4-12-22(23)18-27(29)30-26-16-8-9-17-28(26)32(31(30)34)20-24-14-6-7-15-25(24)21-10-2-1-3-11-21/h1-3,6-11,14-19,30,33H,4-5,12-13,20H2. The van der Waals surface area contributed by atoms with Crippen LogP contribution < -0.4 is 4.90 Å². The molecule has 34 heavy (non-hydrogen) atoms. The first-order valence-electron chi connectivity index (χ1n) is 12.1. The van der Waals surface area contributed by atoms with E-state index in [0.29, 0.717) is 6.54 Å². The Labute approximate surface area is 200 Å². The Morgan fingerprint density at radius 2 is 1.44 bits per heavy atom. The third kappa shape index (κ3) is 3.49. The number of fused-ring (bicyclic) bond motifs is 2. The SMILES string of the molecule is O=C1C(c2cc3c(cc2O)CCCC3)c2ccccc2N1Cc1ccccc1-c1ccccc1. The highest BCUT2D eigenvalue weighted by molar-refractivity contribution is 6.07. The predicted octanol–water partition coefficient (Wildman–Crippen LogP) is 6.62. The van der Waals surface area contributed by atoms with Crippen molar-refractivity contribution in [3.8, 4) is 16.9 Å². The lowest BCUT2D eigenvalue weighted by molar-refractivity contribution is -0.118. The van der Waals surface area contributed by atoms with Gasteiger partial charge in [0.1, 0.15) is 5.75 Å². The Kier molecular flexibility index (Phi) is 5.18. The molecule has 0 spiro atoms. The molecule has 1 unspecified atom stereocenters. The van der Waals surface area contributed by atoms with Crippen LogP contribution in [0.2, 0.25) is 0 Å². The second kappa shape index (κ2) is 8.49. The van der Waals surface area contributed by atoms with Crippen molar-refractivity contribution >= 4 is 11.6 Å². The van der Waals surface area contributed by atoms with E-state index in [2.05, 4.69) is 30.3 Å². The summed E-state index contributed by atoms with van der Waals surface area (Å²) in [6.07, 6.45) is 4.33. The van der Waals surface area contributed by atoms with Crippen molar-refractivity contribution in [3.05, 3.63) is 119 Å². The summed E-state index contributed by atoms with van der Waals surface area (Å²) in [4.78, 5) is 15.8. The minimum atomic E-state index is -0.479. The van der Waals surface area contributed by atoms with Crippen LogP contribution in [0, 0.1) is 0 Å². The van der Waals surface area contributed by atoms with Gasteiger partial charge in [-0.25, -0.2) is 0 Å². The summed E-state index contributed by atoms with van der Waals surface area (Å²) in [6.45, 7) is 0.489. The summed E-state index contributed by atoms with van der Waals surface area (Å²) in [5.74, 6) is -0.220. The summed E-state index contributed by atoms with van der Waals surface area (Å²) in [6, 6.07) is 30.6. The van der Waals surface area contributed by atoms with Gasteiger partial charge in [-0.15, -0.1) is 0 Å². The molecule has 168 valence electrons. The first-order chi connectivity index (χ1) is 16.7. The van der Waals surface area contributed by atoms with E-state index < -0.39 is 5.92 Å². The lowest BCUT2D eigenvalue weighted by Crippen LogP contribution is -2.29. The van der Waals surface area contributed by atoms with Crippen LogP contribution in [0.1, 0.15) is 46.6 Å². The van der Waals surface area contributed by atoms with E-state index in [1.54, 1.807) is 0 Å². The average Bonchev–Trinajstić information content (AvgIpc) is 3.15. The topological polar surface area (TPSA) is 40.5 Å². The molecule has 0 saturated heterocycles. The van der Waals surface area contributed by atoms with Crippen LogP contribution >= 0.6 is 0 Å². The van der Waals surface area contributed by atoms with Crippen molar-refractivity contribution in [3.63, 3.8) is 0 Å². The molecule has 0 bridgehead atoms. The van der Waals surface area contributed by atoms with Crippen molar-refractivity contribution in [2.24, 2.45) is 0 Å². The number of aryl methyl sites for hydroxylation is 2. The van der Waals surface area contributed by atoms with E-state index in [1.165, 1.54) is 11.1 Å². The number of para-hydroxylation sites is 1. The third-order valence-corrected chi connectivity index (χ3v) is 7.28. The van der Waals surface area contributed by atoms with Crippen LogP contribution in [0.4, 0.5) is 5.69 Å². The molecule has 1 N–H and O–H groups in total. The number of carbonyl (C=O) groups is 1. The maximum Gasteiger partial charge on any atom is 0.239 e. The number of benzene rings is 4. The predicted molar refractivity (Wildman–Crippen MR) is 136 cm³/mol. The number of amides is 1. The molecule has 0 aromatic heterocycles. The smallest absolute Gasteiger partial charge is 0.239 e. The van der Waals surface area contributed by atoms with E-state index in [4.69, 9.17) is 0 Å². The van der Waals surface area contributed by atoms with Gasteiger partial charge in [-0.3, -0.25) is 4.79 Å². The zero-order valence-corrected chi connectivity index (χ0v) is 19.1. The highest BCUT2D eigenvalue weighted by Crippen LogP contribution is 2.45. The molecule has 1 aliphatic carbocycles. The van der Waals surface area contributed by atoms with Gasteiger partial charge in [0, 0.05) is 11.3 Å². The largest absolute Gasteiger partial charge is 0.508 e. The van der Waals surface area contributed by atoms with Crippen LogP contribution in [-0.2, 0) is 24.2 Å². The Morgan fingerprint density at radius 3 is 2.26 bits per heavy atom. The minimum absolute atomic E-state index is 0.0233. The van der Waals surface area contributed by atoms with Crippen LogP contribution in [0.25, 0.3) is 11.1 Å². The molecular formula is C31H27NO2. The van der Waals surface area contributed by atoms with Gasteiger partial charge in [0.05, 0.1) is 12.5 Å². The van der Waals surface area contributed by atoms with Crippen LogP contribution in [0.3, 0.4) is 0 Å². The molecule has 3 heteroatoms. The molecule has 1 amide bonds. The van der Waals surface area contributed by atoms with Gasteiger partial charge >= 0.3 is 0 Å². The zero-order valence-electron chi connectivity index (χ0n) is 19.1. The molecule has 0 fully saturated rings. The summed E-state index contributed by atoms with van der Waals surface area (Å²) in [5, 5.41) is 11.0. The van der Waals surface area contributed by atoms with E-state index in [1.807, 2.05) is 65.6 Å². The van der Waals surface area contributed by atoms with Crippen molar-refractivity contribution < 1.29 is 9.90 Å². The number of hydrogen-bond acceptors (Lipinski definition) is 2. The number of anilines is 1. The molecule has 1 aliphatic heterocycles. The highest BCUT2D eigenvalue weighted by atomic mass is 16.3. The second-order valence-electron chi connectivity index (χ2n) is 9.33. The first-order valence-corrected chi connectivity index (χ1v) is 12.1. The van der Waals surface area contributed by atoms with Crippen molar-refractivity contribution in [1.82, 2.24) is 0 Å². The lowest BCUT2D eigenvalue weighted by atomic mass is 9.85. The number of carbonyl (C=O) groups excluding carboxylic acids is 1. The number of hydrogen-bond donors (Lipinski definition) is 1. The van der Waals surface area contributed by atoms with Gasteiger partial charge in [-0.1, -0.05) is 78.9 Å². The van der Waals surface area contributed by atoms with Gasteiger partial charge in [-0.05, 0) is 71.2 Å². The zero-order chi connectivity index (χ0) is 23.1. The molecule has 6 rings (SSSR count). The molecule has 3 nitrogen and oxygen atoms in total. The normalized spacial score (nSPS) is 16.9. The lowest BCUT2D eigenvalue weighted by Gasteiger charge is -2.22. The summed E-state index contributed by atoms with van der Waals surface area (Å²) in [5.41, 5.74) is 8.50. The Bertz CT molecular complexity index is 1380. The Hall–Kier alpha value is -3.85. The molecular weight excluding hydrogens is 418 g/mol. The Balaban J connectivity index is 1.41. The van der Waals surface area contributed by atoms with Crippen molar-refractivity contribution in [2.45, 2.75) is 38.1 Å². The van der Waals surface area contributed by atoms with Gasteiger partial charge in [0.25, 0.3) is 0 Å². The summed E-state index contributed by atoms with van der Waals surface area (Å²) < 4.78 is 0. The van der Waals surface area contributed by atoms with Crippen LogP contribution in [0.15, 0.2) is 91.0 Å². The van der Waals surface area contributed by atoms with E-state index >= 15 is 0 Å². The minimum Gasteiger partial charge on any atom is -0.508 e. The monoisotopic (exact) mass is 445 g/mol. The van der Waals surface area contributed by atoms with Crippen LogP contribution in [-0.4, -0.2) is 11.0 Å². The van der Waals surface area contributed by atoms with Gasteiger partial charge in [0.2, 0.25) is 5.91 Å². The molecule has 2 aliphatic rings. The maximum absolute atomic E-state index is 14.0. The third-order valence-electron chi connectivity index (χ3n) is 7.28. The fraction of sp³-hybridized carbons (Fsp3) is 0.194. The molecule has 4 aromatic carbocycles. The number of phenols is 1. The number of rotatable bonds is 4. The first kappa shape index (κ1) is 20.7. The maximum atomic E-state index is 14.0. The summed E-state index contributed by atoms with van der Waals surface area (Å²) in [7, 11) is 0. The van der Waals surface area contributed by atoms with Gasteiger partial charge in [-0.2, -0.15) is 0 Å². The molecule has 0 radical (unpaired) electrons. The highest BCUT2D eigenvalue weighted by Gasteiger charge is 2.40. The second-order valence-corrected chi connectivity index (χ2v) is 9.33. The average molecular weight is 446 g/mol. The molecule has 4 aromatic rings. The molecule has 0 saturated carbocycles. The number of nitrogens with zero attached hydrogens (tertiary/aromatic N) is 1. The fourth-order valence-corrected chi connectivity index (χ4v) is 5.60. The van der Waals surface area contributed by atoms with Crippen LogP contribution in [0.5, 0.6) is 5.75 Å². The number of aromatic hydroxyl groups is 1. The summed E-state index contributed by atoms with van der Waals surface area (Å²) >= 11 is 0. The van der Waals surface area contributed by atoms with E-state index in [-0.39, 0.29) is 11.7 Å². The van der Waals surface area contributed by atoms with Gasteiger partial charge < -0.3 is 10.0 Å². The molecule has 1 atom stereocenters. The van der Waals surface area contributed by atoms with Crippen molar-refractivity contribution in [2.75, 3.05) is 4.90 Å². The van der Waals surface area contributed by atoms with Gasteiger partial charge in [0.15, 0.2) is 0 Å². The Morgan fingerprint density at radius 1 is 0.765 bits per heavy atom. The van der Waals surface area contributed by atoms with E-state index in [0.717, 1.165) is 59.2 Å². The number of phenolic OH excluding ortho intramolecular Hbond substituents is 1. The molecule has 1 heterocycles. The van der Waals surface area contributed by atoms with Crippen molar-refractivity contribution in [1.29, 1.82) is 0 Å².